The monoisotopic (exact) mass is 311 g/mol. The number of methoxy groups -OCH3 is 1. The molecule has 0 aromatic heterocycles. The third kappa shape index (κ3) is 3.89. The van der Waals surface area contributed by atoms with Crippen molar-refractivity contribution in [2.45, 2.75) is 22.6 Å². The third-order valence-corrected chi connectivity index (χ3v) is 4.83. The predicted molar refractivity (Wildman–Crippen MR) is 77.8 cm³/mol. The first kappa shape index (κ1) is 15.7. The highest BCUT2D eigenvalue weighted by Gasteiger charge is 2.41. The second-order valence-electron chi connectivity index (χ2n) is 4.82. The molecule has 0 aliphatic carbocycles. The van der Waals surface area contributed by atoms with Gasteiger partial charge in [0.25, 0.3) is 0 Å². The Kier molecular flexibility index (Phi) is 5.08. The molecule has 1 aromatic rings. The van der Waals surface area contributed by atoms with Crippen LogP contribution < -0.4 is 10.1 Å². The Morgan fingerprint density at radius 2 is 2.00 bits per heavy atom. The van der Waals surface area contributed by atoms with Crippen molar-refractivity contribution in [1.82, 2.24) is 5.32 Å². The Morgan fingerprint density at radius 1 is 1.33 bits per heavy atom. The molecule has 0 radical (unpaired) electrons. The van der Waals surface area contributed by atoms with Crippen LogP contribution in [0.4, 0.5) is 0 Å². The molecule has 3 atom stereocenters. The molecule has 2 rings (SSSR count). The third-order valence-electron chi connectivity index (χ3n) is 3.47. The van der Waals surface area contributed by atoms with Crippen LogP contribution in [-0.2, 0) is 9.59 Å². The average molecular weight is 311 g/mol. The number of aliphatic carboxylic acids is 2. The van der Waals surface area contributed by atoms with Gasteiger partial charge in [0.15, 0.2) is 0 Å². The summed E-state index contributed by atoms with van der Waals surface area (Å²) in [7, 11) is 1.59. The van der Waals surface area contributed by atoms with Gasteiger partial charge >= 0.3 is 11.9 Å². The number of carboxylic acid groups (broad SMARTS) is 2. The normalized spacial score (nSPS) is 24.7. The van der Waals surface area contributed by atoms with Crippen LogP contribution in [0, 0.1) is 5.92 Å². The summed E-state index contributed by atoms with van der Waals surface area (Å²) in [6, 6.07) is 6.61. The summed E-state index contributed by atoms with van der Waals surface area (Å²) < 4.78 is 5.08. The summed E-state index contributed by atoms with van der Waals surface area (Å²) in [5.41, 5.74) is 0. The van der Waals surface area contributed by atoms with Crippen LogP contribution in [0.5, 0.6) is 5.75 Å². The molecule has 0 amide bonds. The molecule has 1 aromatic carbocycles. The van der Waals surface area contributed by atoms with Gasteiger partial charge in [0.1, 0.15) is 11.8 Å². The van der Waals surface area contributed by atoms with Crippen molar-refractivity contribution in [3.63, 3.8) is 0 Å². The van der Waals surface area contributed by atoms with E-state index in [9.17, 15) is 9.59 Å². The summed E-state index contributed by atoms with van der Waals surface area (Å²) in [5.74, 6) is -1.67. The van der Waals surface area contributed by atoms with Crippen molar-refractivity contribution in [3.05, 3.63) is 24.3 Å². The molecular weight excluding hydrogens is 294 g/mol. The fraction of sp³-hybridized carbons (Fsp3) is 0.429. The first-order valence-electron chi connectivity index (χ1n) is 6.50. The zero-order chi connectivity index (χ0) is 15.4. The van der Waals surface area contributed by atoms with Gasteiger partial charge in [-0.05, 0) is 24.3 Å². The van der Waals surface area contributed by atoms with Crippen LogP contribution >= 0.6 is 11.8 Å². The van der Waals surface area contributed by atoms with Gasteiger partial charge < -0.3 is 20.3 Å². The molecule has 6 nitrogen and oxygen atoms in total. The zero-order valence-electron chi connectivity index (χ0n) is 11.5. The summed E-state index contributed by atoms with van der Waals surface area (Å²) in [5, 5.41) is 21.0. The lowest BCUT2D eigenvalue weighted by Gasteiger charge is -2.19. The summed E-state index contributed by atoms with van der Waals surface area (Å²) in [6.45, 7) is 0.478. The molecule has 1 aliphatic heterocycles. The summed E-state index contributed by atoms with van der Waals surface area (Å²) >= 11 is 1.50. The number of nitrogens with one attached hydrogen (secondary N) is 1. The lowest BCUT2D eigenvalue weighted by molar-refractivity contribution is -0.141. The Labute approximate surface area is 126 Å². The molecule has 0 spiro atoms. The molecule has 1 saturated heterocycles. The molecule has 0 saturated carbocycles. The summed E-state index contributed by atoms with van der Waals surface area (Å²) in [6.07, 6.45) is -0.155. The number of ether oxygens (including phenoxy) is 1. The second-order valence-corrected chi connectivity index (χ2v) is 6.13. The van der Waals surface area contributed by atoms with Crippen LogP contribution in [0.1, 0.15) is 6.42 Å². The Balaban J connectivity index is 2.09. The van der Waals surface area contributed by atoms with E-state index < -0.39 is 23.9 Å². The molecule has 1 heterocycles. The Morgan fingerprint density at radius 3 is 2.52 bits per heavy atom. The number of benzene rings is 1. The number of hydrogen-bond acceptors (Lipinski definition) is 5. The summed E-state index contributed by atoms with van der Waals surface area (Å²) in [4.78, 5) is 23.1. The number of thioether (sulfide) groups is 1. The van der Waals surface area contributed by atoms with E-state index in [0.717, 1.165) is 10.6 Å². The van der Waals surface area contributed by atoms with Crippen LogP contribution in [0.3, 0.4) is 0 Å². The van der Waals surface area contributed by atoms with Crippen molar-refractivity contribution in [3.8, 4) is 5.75 Å². The SMILES string of the molecule is COc1ccc(S[C@H]2CNC(C(=O)O)C2CC(=O)O)cc1. The van der Waals surface area contributed by atoms with Crippen molar-refractivity contribution in [1.29, 1.82) is 0 Å². The van der Waals surface area contributed by atoms with Crippen molar-refractivity contribution < 1.29 is 24.5 Å². The topological polar surface area (TPSA) is 95.9 Å². The maximum atomic E-state index is 11.2. The van der Waals surface area contributed by atoms with E-state index >= 15 is 0 Å². The van der Waals surface area contributed by atoms with Crippen LogP contribution in [-0.4, -0.2) is 47.1 Å². The van der Waals surface area contributed by atoms with Crippen LogP contribution in [0.2, 0.25) is 0 Å². The van der Waals surface area contributed by atoms with Crippen LogP contribution in [0.25, 0.3) is 0 Å². The number of rotatable bonds is 6. The fourth-order valence-electron chi connectivity index (χ4n) is 2.44. The van der Waals surface area contributed by atoms with E-state index in [2.05, 4.69) is 5.32 Å². The number of hydrogen-bond donors (Lipinski definition) is 3. The standard InChI is InChI=1S/C14H17NO5S/c1-20-8-2-4-9(5-3-8)21-11-7-15-13(14(18)19)10(11)6-12(16)17/h2-5,10-11,13,15H,6-7H2,1H3,(H,16,17)(H,18,19)/t10?,11-,13?/m0/s1. The molecule has 2 unspecified atom stereocenters. The lowest BCUT2D eigenvalue weighted by atomic mass is 9.96. The fourth-order valence-corrected chi connectivity index (χ4v) is 3.69. The quantitative estimate of drug-likeness (QED) is 0.729. The first-order valence-corrected chi connectivity index (χ1v) is 7.38. The largest absolute Gasteiger partial charge is 0.497 e. The molecule has 3 N–H and O–H groups in total. The van der Waals surface area contributed by atoms with Crippen molar-refractivity contribution in [2.24, 2.45) is 5.92 Å². The maximum absolute atomic E-state index is 11.2. The zero-order valence-corrected chi connectivity index (χ0v) is 12.3. The molecule has 1 aliphatic rings. The second kappa shape index (κ2) is 6.82. The highest BCUT2D eigenvalue weighted by molar-refractivity contribution is 8.00. The molecule has 1 fully saturated rings. The Hall–Kier alpha value is -1.73. The van der Waals surface area contributed by atoms with Gasteiger partial charge in [-0.25, -0.2) is 0 Å². The highest BCUT2D eigenvalue weighted by Crippen LogP contribution is 2.35. The van der Waals surface area contributed by atoms with E-state index in [-0.39, 0.29) is 11.7 Å². The van der Waals surface area contributed by atoms with Gasteiger partial charge in [-0.15, -0.1) is 11.8 Å². The van der Waals surface area contributed by atoms with E-state index in [1.165, 1.54) is 11.8 Å². The van der Waals surface area contributed by atoms with Gasteiger partial charge in [0, 0.05) is 22.6 Å². The minimum Gasteiger partial charge on any atom is -0.497 e. The van der Waals surface area contributed by atoms with Gasteiger partial charge in [-0.2, -0.15) is 0 Å². The van der Waals surface area contributed by atoms with E-state index in [4.69, 9.17) is 14.9 Å². The van der Waals surface area contributed by atoms with Gasteiger partial charge in [-0.1, -0.05) is 0 Å². The number of carboxylic acids is 2. The molecule has 0 bridgehead atoms. The maximum Gasteiger partial charge on any atom is 0.321 e. The molecule has 114 valence electrons. The van der Waals surface area contributed by atoms with E-state index in [1.54, 1.807) is 7.11 Å². The Bertz CT molecular complexity index is 519. The van der Waals surface area contributed by atoms with E-state index in [0.29, 0.717) is 6.54 Å². The van der Waals surface area contributed by atoms with Gasteiger partial charge in [0.05, 0.1) is 13.5 Å². The van der Waals surface area contributed by atoms with Gasteiger partial charge in [0.2, 0.25) is 0 Å². The molecule has 21 heavy (non-hydrogen) atoms. The van der Waals surface area contributed by atoms with E-state index in [1.807, 2.05) is 24.3 Å². The molecular formula is C14H17NO5S. The first-order chi connectivity index (χ1) is 10.0. The van der Waals surface area contributed by atoms with Crippen molar-refractivity contribution in [2.75, 3.05) is 13.7 Å². The average Bonchev–Trinajstić information content (AvgIpc) is 2.82. The van der Waals surface area contributed by atoms with Crippen LogP contribution in [0.15, 0.2) is 29.2 Å². The highest BCUT2D eigenvalue weighted by atomic mass is 32.2. The minimum absolute atomic E-state index is 0.0874. The number of carbonyl (C=O) groups is 2. The molecule has 7 heteroatoms. The lowest BCUT2D eigenvalue weighted by Crippen LogP contribution is -2.37. The smallest absolute Gasteiger partial charge is 0.321 e. The predicted octanol–water partition coefficient (Wildman–Crippen LogP) is 1.30. The van der Waals surface area contributed by atoms with Gasteiger partial charge in [-0.3, -0.25) is 9.59 Å². The van der Waals surface area contributed by atoms with Crippen molar-refractivity contribution >= 4 is 23.7 Å². The minimum atomic E-state index is -1.00.